The van der Waals surface area contributed by atoms with Crippen molar-refractivity contribution in [1.29, 1.82) is 0 Å². The summed E-state index contributed by atoms with van der Waals surface area (Å²) < 4.78 is 0. The molecule has 0 radical (unpaired) electrons. The molecule has 0 amide bonds. The minimum Gasteiger partial charge on any atom is -0.507 e. The van der Waals surface area contributed by atoms with E-state index in [1.165, 1.54) is 0 Å². The van der Waals surface area contributed by atoms with Crippen LogP contribution in [0.25, 0.3) is 0 Å². The van der Waals surface area contributed by atoms with E-state index in [-0.39, 0.29) is 0 Å². The second-order valence-electron chi connectivity index (χ2n) is 15.6. The Morgan fingerprint density at radius 2 is 0.596 bits per heavy atom. The van der Waals surface area contributed by atoms with Gasteiger partial charge in [-0.05, 0) is 132 Å². The van der Waals surface area contributed by atoms with Crippen molar-refractivity contribution >= 4 is 0 Å². The molecule has 9 nitrogen and oxygen atoms in total. The molecule has 3 aromatic carbocycles. The van der Waals surface area contributed by atoms with Gasteiger partial charge in [0.2, 0.25) is 0 Å². The van der Waals surface area contributed by atoms with Gasteiger partial charge in [-0.3, -0.25) is 24.5 Å². The average molecular weight is 789 g/mol. The lowest BCUT2D eigenvalue weighted by atomic mass is 9.68. The maximum Gasteiger partial charge on any atom is 0.124 e. The fraction of sp³-hybridized carbons (Fsp3) is 0.625. The quantitative estimate of drug-likeness (QED) is 0.0599. The van der Waals surface area contributed by atoms with Crippen molar-refractivity contribution in [3.05, 3.63) is 86.5 Å². The Bertz CT molecular complexity index is 1510. The zero-order chi connectivity index (χ0) is 42.3. The SMILES string of the molecule is CCNCc1cc(C(C)(c2cc(CN(CC)CC)c(O)c(CN(CC)CC)c2)c2cc(CN(CC)CC)c(O)c(CN(CC)CC)c2)cc(CN(CC)CC)c1O. The van der Waals surface area contributed by atoms with Gasteiger partial charge in [0.25, 0.3) is 0 Å². The number of phenols is 3. The molecule has 0 saturated carbocycles. The van der Waals surface area contributed by atoms with Gasteiger partial charge < -0.3 is 20.6 Å². The number of hydrogen-bond donors (Lipinski definition) is 4. The summed E-state index contributed by atoms with van der Waals surface area (Å²) in [6.07, 6.45) is 0. The van der Waals surface area contributed by atoms with Gasteiger partial charge in [0.05, 0.1) is 0 Å². The van der Waals surface area contributed by atoms with E-state index in [4.69, 9.17) is 0 Å². The highest BCUT2D eigenvalue weighted by Crippen LogP contribution is 2.46. The molecule has 57 heavy (non-hydrogen) atoms. The Labute approximate surface area is 347 Å². The maximum absolute atomic E-state index is 12.1. The topological polar surface area (TPSA) is 88.9 Å². The number of phenolic OH excluding ortho intramolecular Hbond substituents is 3. The fourth-order valence-electron chi connectivity index (χ4n) is 8.08. The van der Waals surface area contributed by atoms with Gasteiger partial charge in [-0.1, -0.05) is 76.2 Å². The molecular weight excluding hydrogens is 709 g/mol. The van der Waals surface area contributed by atoms with Gasteiger partial charge in [0.15, 0.2) is 0 Å². The van der Waals surface area contributed by atoms with Crippen molar-refractivity contribution in [2.24, 2.45) is 0 Å². The summed E-state index contributed by atoms with van der Waals surface area (Å²) in [5.41, 5.74) is 7.99. The molecule has 0 spiro atoms. The molecular formula is C48H80N6O3. The lowest BCUT2D eigenvalue weighted by Gasteiger charge is -2.36. The standard InChI is InChI=1S/C48H80N6O3/c1-13-49-30-36-24-42(25-37(45(36)55)31-50(14-2)15-3)48(12,43-26-38(32-51(16-4)17-5)46(56)39(27-43)33-52(18-6)19-7)44-28-40(34-53(20-8)21-9)47(57)41(29-44)35-54(22-10)23-11/h24-29,49,55-57H,13-23,30-35H2,1-12H3. The molecule has 0 aliphatic carbocycles. The molecule has 0 atom stereocenters. The summed E-state index contributed by atoms with van der Waals surface area (Å²) in [5.74, 6) is 1.09. The van der Waals surface area contributed by atoms with Gasteiger partial charge in [-0.15, -0.1) is 0 Å². The molecule has 0 heterocycles. The summed E-state index contributed by atoms with van der Waals surface area (Å²) in [6, 6.07) is 13.4. The number of benzene rings is 3. The third-order valence-corrected chi connectivity index (χ3v) is 12.5. The van der Waals surface area contributed by atoms with Crippen molar-refractivity contribution in [3.63, 3.8) is 0 Å². The zero-order valence-electron chi connectivity index (χ0n) is 38.1. The zero-order valence-corrected chi connectivity index (χ0v) is 38.1. The van der Waals surface area contributed by atoms with E-state index in [0.717, 1.165) is 122 Å². The minimum absolute atomic E-state index is 0.347. The molecule has 0 bridgehead atoms. The monoisotopic (exact) mass is 789 g/mol. The van der Waals surface area contributed by atoms with Crippen molar-refractivity contribution in [2.45, 2.75) is 128 Å². The molecule has 0 aromatic heterocycles. The molecule has 0 saturated heterocycles. The van der Waals surface area contributed by atoms with Crippen LogP contribution in [0.1, 0.15) is 133 Å². The van der Waals surface area contributed by atoms with Crippen LogP contribution in [0.4, 0.5) is 0 Å². The van der Waals surface area contributed by atoms with Crippen LogP contribution in [0, 0.1) is 0 Å². The first kappa shape index (κ1) is 48.2. The first-order valence-electron chi connectivity index (χ1n) is 22.2. The third kappa shape index (κ3) is 12.0. The fourth-order valence-corrected chi connectivity index (χ4v) is 8.08. The number of aromatic hydroxyl groups is 3. The Kier molecular flexibility index (Phi) is 19.8. The van der Waals surface area contributed by atoms with Crippen molar-refractivity contribution in [1.82, 2.24) is 29.8 Å². The van der Waals surface area contributed by atoms with E-state index in [1.807, 2.05) is 0 Å². The van der Waals surface area contributed by atoms with Crippen LogP contribution in [0.3, 0.4) is 0 Å². The van der Waals surface area contributed by atoms with Crippen molar-refractivity contribution in [2.75, 3.05) is 72.0 Å². The van der Waals surface area contributed by atoms with Gasteiger partial charge >= 0.3 is 0 Å². The molecule has 9 heteroatoms. The molecule has 0 unspecified atom stereocenters. The highest BCUT2D eigenvalue weighted by Gasteiger charge is 2.36. The van der Waals surface area contributed by atoms with Crippen LogP contribution in [0.5, 0.6) is 17.2 Å². The van der Waals surface area contributed by atoms with E-state index >= 15 is 0 Å². The summed E-state index contributed by atoms with van der Waals surface area (Å²) in [5, 5.41) is 39.5. The summed E-state index contributed by atoms with van der Waals surface area (Å²) in [7, 11) is 0. The molecule has 0 fully saturated rings. The Hall–Kier alpha value is -3.18. The lowest BCUT2D eigenvalue weighted by Crippen LogP contribution is -2.30. The lowest BCUT2D eigenvalue weighted by molar-refractivity contribution is 0.280. The first-order valence-corrected chi connectivity index (χ1v) is 22.2. The summed E-state index contributed by atoms with van der Waals surface area (Å²) >= 11 is 0. The molecule has 320 valence electrons. The largest absolute Gasteiger partial charge is 0.507 e. The van der Waals surface area contributed by atoms with Crippen LogP contribution in [-0.4, -0.2) is 112 Å². The van der Waals surface area contributed by atoms with Gasteiger partial charge in [-0.2, -0.15) is 0 Å². The number of nitrogens with zero attached hydrogens (tertiary/aromatic N) is 5. The molecule has 4 N–H and O–H groups in total. The first-order chi connectivity index (χ1) is 27.3. The van der Waals surface area contributed by atoms with Gasteiger partial charge in [-0.25, -0.2) is 0 Å². The highest BCUT2D eigenvalue weighted by molar-refractivity contribution is 5.60. The van der Waals surface area contributed by atoms with Crippen LogP contribution in [-0.2, 0) is 44.7 Å². The van der Waals surface area contributed by atoms with Gasteiger partial charge in [0.1, 0.15) is 17.2 Å². The van der Waals surface area contributed by atoms with E-state index in [9.17, 15) is 15.3 Å². The van der Waals surface area contributed by atoms with Crippen LogP contribution >= 0.6 is 0 Å². The Balaban J connectivity index is 2.63. The van der Waals surface area contributed by atoms with Crippen molar-refractivity contribution < 1.29 is 15.3 Å². The molecule has 3 aromatic rings. The third-order valence-electron chi connectivity index (χ3n) is 12.5. The average Bonchev–Trinajstić information content (AvgIpc) is 3.23. The maximum atomic E-state index is 12.1. The number of rotatable bonds is 26. The second-order valence-corrected chi connectivity index (χ2v) is 15.6. The highest BCUT2D eigenvalue weighted by atomic mass is 16.3. The van der Waals surface area contributed by atoms with Gasteiger partial charge in [0, 0.05) is 78.1 Å². The van der Waals surface area contributed by atoms with E-state index < -0.39 is 5.41 Å². The van der Waals surface area contributed by atoms with Crippen LogP contribution in [0.15, 0.2) is 36.4 Å². The molecule has 0 aliphatic heterocycles. The van der Waals surface area contributed by atoms with E-state index in [2.05, 4.69) is 149 Å². The summed E-state index contributed by atoms with van der Waals surface area (Å²) in [4.78, 5) is 11.8. The van der Waals surface area contributed by atoms with E-state index in [0.29, 0.717) is 56.5 Å². The normalized spacial score (nSPS) is 12.4. The van der Waals surface area contributed by atoms with Crippen LogP contribution < -0.4 is 5.32 Å². The second kappa shape index (κ2) is 23.4. The smallest absolute Gasteiger partial charge is 0.124 e. The molecule has 3 rings (SSSR count). The Morgan fingerprint density at radius 1 is 0.386 bits per heavy atom. The number of nitrogens with one attached hydrogen (secondary N) is 1. The predicted molar refractivity (Wildman–Crippen MR) is 240 cm³/mol. The van der Waals surface area contributed by atoms with E-state index in [1.54, 1.807) is 0 Å². The predicted octanol–water partition coefficient (Wildman–Crippen LogP) is 8.48. The molecule has 0 aliphatic rings. The van der Waals surface area contributed by atoms with Crippen LogP contribution in [0.2, 0.25) is 0 Å². The number of hydrogen-bond acceptors (Lipinski definition) is 9. The van der Waals surface area contributed by atoms with Crippen molar-refractivity contribution in [3.8, 4) is 17.2 Å². The Morgan fingerprint density at radius 3 is 0.807 bits per heavy atom. The minimum atomic E-state index is -0.736. The summed E-state index contributed by atoms with van der Waals surface area (Å²) in [6.45, 7) is 39.5.